The normalized spacial score (nSPS) is 14.3. The molecule has 10 nitrogen and oxygen atoms in total. The molecule has 0 radical (unpaired) electrons. The highest BCUT2D eigenvalue weighted by molar-refractivity contribution is 6.31. The van der Waals surface area contributed by atoms with Crippen LogP contribution in [0.25, 0.3) is 28.0 Å². The standard InChI is InChI=1S/C31H38ClFN8O2/c1-19(35)4-2-5-20-12-24(29(33)25(32)13-20)26-14-22-18-41(31(42)39-30(22)38-26)23-7-6-21-17-40(10-11-43-27(21)15-23)9-3-8-37-28(36)16-34/h6-7,12-15,18-19H,2-5,8-11,16-17,34-35H2,1H3,(H2,36,37)(H,38,39,42)/t19-/m0/s1. The summed E-state index contributed by atoms with van der Waals surface area (Å²) in [6.07, 6.45) is 5.04. The van der Waals surface area contributed by atoms with Gasteiger partial charge in [0.1, 0.15) is 23.8 Å². The summed E-state index contributed by atoms with van der Waals surface area (Å²) in [4.78, 5) is 22.7. The largest absolute Gasteiger partial charge is 0.492 e. The predicted octanol–water partition coefficient (Wildman–Crippen LogP) is 3.95. The molecule has 0 bridgehead atoms. The molecule has 1 aliphatic rings. The third-order valence-electron chi connectivity index (χ3n) is 7.59. The minimum absolute atomic E-state index is 0.0480. The molecular weight excluding hydrogens is 571 g/mol. The van der Waals surface area contributed by atoms with E-state index < -0.39 is 11.5 Å². The van der Waals surface area contributed by atoms with Gasteiger partial charge in [0.2, 0.25) is 0 Å². The fraction of sp³-hybridized carbons (Fsp3) is 0.387. The number of aromatic nitrogens is 3. The summed E-state index contributed by atoms with van der Waals surface area (Å²) in [5.41, 5.74) is 14.6. The van der Waals surface area contributed by atoms with Crippen LogP contribution in [0.2, 0.25) is 5.02 Å². The van der Waals surface area contributed by atoms with Gasteiger partial charge in [-0.1, -0.05) is 17.7 Å². The third-order valence-corrected chi connectivity index (χ3v) is 7.87. The SMILES string of the molecule is C[C@H](N)CCCc1cc(Cl)c(F)c(-c2cc3cn(-c4ccc5c(c4)OCCN(CCCNC(=N)CN)C5)c(=O)nc3[nH]2)c1. The van der Waals surface area contributed by atoms with Crippen LogP contribution in [0.3, 0.4) is 0 Å². The number of amidine groups is 1. The van der Waals surface area contributed by atoms with Gasteiger partial charge in [0.15, 0.2) is 5.82 Å². The van der Waals surface area contributed by atoms with E-state index in [9.17, 15) is 4.79 Å². The van der Waals surface area contributed by atoms with Crippen molar-refractivity contribution in [2.24, 2.45) is 11.5 Å². The maximum absolute atomic E-state index is 15.1. The van der Waals surface area contributed by atoms with Gasteiger partial charge in [-0.25, -0.2) is 9.18 Å². The Morgan fingerprint density at radius 1 is 1.28 bits per heavy atom. The van der Waals surface area contributed by atoms with Crippen LogP contribution in [0.15, 0.2) is 47.4 Å². The Hall–Kier alpha value is -3.77. The van der Waals surface area contributed by atoms with Gasteiger partial charge in [-0.3, -0.25) is 14.9 Å². The number of nitrogens with zero attached hydrogens (tertiary/aromatic N) is 3. The molecule has 1 aliphatic heterocycles. The van der Waals surface area contributed by atoms with Crippen molar-refractivity contribution in [1.29, 1.82) is 5.41 Å². The Morgan fingerprint density at radius 2 is 2.12 bits per heavy atom. The Labute approximate surface area is 254 Å². The number of ether oxygens (including phenoxy) is 1. The second-order valence-electron chi connectivity index (χ2n) is 11.1. The molecule has 2 aromatic heterocycles. The lowest BCUT2D eigenvalue weighted by molar-refractivity contribution is 0.224. The predicted molar refractivity (Wildman–Crippen MR) is 169 cm³/mol. The van der Waals surface area contributed by atoms with E-state index in [-0.39, 0.29) is 17.6 Å². The molecule has 2 aromatic carbocycles. The molecule has 0 fully saturated rings. The lowest BCUT2D eigenvalue weighted by atomic mass is 10.0. The van der Waals surface area contributed by atoms with Crippen LogP contribution >= 0.6 is 11.6 Å². The number of rotatable bonds is 11. The molecule has 0 aliphatic carbocycles. The zero-order chi connectivity index (χ0) is 30.5. The Bertz CT molecular complexity index is 1670. The molecule has 43 heavy (non-hydrogen) atoms. The van der Waals surface area contributed by atoms with Crippen molar-refractivity contribution < 1.29 is 9.13 Å². The topological polar surface area (TPSA) is 151 Å². The highest BCUT2D eigenvalue weighted by atomic mass is 35.5. The molecular formula is C31H38ClFN8O2. The van der Waals surface area contributed by atoms with Crippen LogP contribution in [-0.4, -0.2) is 64.1 Å². The van der Waals surface area contributed by atoms with E-state index in [1.807, 2.05) is 25.1 Å². The van der Waals surface area contributed by atoms with Crippen LogP contribution in [0.1, 0.15) is 37.3 Å². The monoisotopic (exact) mass is 608 g/mol. The number of hydrogen-bond donors (Lipinski definition) is 5. The maximum atomic E-state index is 15.1. The number of benzene rings is 2. The maximum Gasteiger partial charge on any atom is 0.354 e. The van der Waals surface area contributed by atoms with Crippen molar-refractivity contribution in [1.82, 2.24) is 24.8 Å². The Balaban J connectivity index is 1.36. The van der Waals surface area contributed by atoms with E-state index in [2.05, 4.69) is 20.2 Å². The molecule has 1 atom stereocenters. The quantitative estimate of drug-likeness (QED) is 0.0982. The van der Waals surface area contributed by atoms with Crippen molar-refractivity contribution in [3.8, 4) is 22.7 Å². The van der Waals surface area contributed by atoms with Gasteiger partial charge in [0.05, 0.1) is 22.9 Å². The molecule has 0 saturated carbocycles. The number of aromatic amines is 1. The summed E-state index contributed by atoms with van der Waals surface area (Å²) >= 11 is 6.25. The smallest absolute Gasteiger partial charge is 0.354 e. The molecule has 7 N–H and O–H groups in total. The van der Waals surface area contributed by atoms with Crippen LogP contribution in [0.4, 0.5) is 4.39 Å². The van der Waals surface area contributed by atoms with Gasteiger partial charge in [0.25, 0.3) is 0 Å². The molecule has 0 saturated heterocycles. The first-order chi connectivity index (χ1) is 20.7. The van der Waals surface area contributed by atoms with Crippen molar-refractivity contribution in [2.75, 3.05) is 32.8 Å². The average molecular weight is 609 g/mol. The summed E-state index contributed by atoms with van der Waals surface area (Å²) in [6.45, 7) is 5.73. The highest BCUT2D eigenvalue weighted by Gasteiger charge is 2.18. The first-order valence-electron chi connectivity index (χ1n) is 14.6. The number of hydrogen-bond acceptors (Lipinski definition) is 7. The number of nitrogens with two attached hydrogens (primary N) is 2. The van der Waals surface area contributed by atoms with Crippen molar-refractivity contribution >= 4 is 28.5 Å². The lowest BCUT2D eigenvalue weighted by Gasteiger charge is -2.19. The molecule has 5 rings (SSSR count). The minimum atomic E-state index is -0.525. The fourth-order valence-corrected chi connectivity index (χ4v) is 5.55. The molecule has 4 aromatic rings. The van der Waals surface area contributed by atoms with E-state index in [1.165, 1.54) is 4.57 Å². The minimum Gasteiger partial charge on any atom is -0.492 e. The van der Waals surface area contributed by atoms with Gasteiger partial charge >= 0.3 is 5.69 Å². The summed E-state index contributed by atoms with van der Waals surface area (Å²) in [5.74, 6) is 0.537. The number of fused-ring (bicyclic) bond motifs is 2. The second-order valence-corrected chi connectivity index (χ2v) is 11.5. The zero-order valence-corrected chi connectivity index (χ0v) is 25.0. The van der Waals surface area contributed by atoms with E-state index in [1.54, 1.807) is 24.4 Å². The highest BCUT2D eigenvalue weighted by Crippen LogP contribution is 2.32. The fourth-order valence-electron chi connectivity index (χ4n) is 5.31. The van der Waals surface area contributed by atoms with Crippen LogP contribution in [0, 0.1) is 11.2 Å². The average Bonchev–Trinajstić information content (AvgIpc) is 3.27. The van der Waals surface area contributed by atoms with Crippen molar-refractivity contribution in [3.63, 3.8) is 0 Å². The van der Waals surface area contributed by atoms with E-state index in [0.717, 1.165) is 62.2 Å². The van der Waals surface area contributed by atoms with E-state index in [4.69, 9.17) is 33.2 Å². The van der Waals surface area contributed by atoms with E-state index >= 15 is 4.39 Å². The third kappa shape index (κ3) is 7.42. The van der Waals surface area contributed by atoms with Crippen molar-refractivity contribution in [2.45, 2.75) is 45.2 Å². The molecule has 0 spiro atoms. The first-order valence-corrected chi connectivity index (χ1v) is 15.0. The molecule has 12 heteroatoms. The molecule has 228 valence electrons. The van der Waals surface area contributed by atoms with E-state index in [0.29, 0.717) is 47.0 Å². The van der Waals surface area contributed by atoms with Gasteiger partial charge < -0.3 is 26.5 Å². The van der Waals surface area contributed by atoms with Gasteiger partial charge in [0, 0.05) is 61.0 Å². The Kier molecular flexibility index (Phi) is 9.76. The lowest BCUT2D eigenvalue weighted by Crippen LogP contribution is -2.33. The van der Waals surface area contributed by atoms with Gasteiger partial charge in [-0.05, 0) is 62.4 Å². The Morgan fingerprint density at radius 3 is 2.91 bits per heavy atom. The van der Waals surface area contributed by atoms with Gasteiger partial charge in [-0.15, -0.1) is 0 Å². The first kappa shape index (κ1) is 30.7. The molecule has 0 unspecified atom stereocenters. The molecule has 0 amide bonds. The van der Waals surface area contributed by atoms with Crippen LogP contribution < -0.4 is 27.2 Å². The number of nitrogens with one attached hydrogen (secondary N) is 3. The van der Waals surface area contributed by atoms with Gasteiger partial charge in [-0.2, -0.15) is 4.98 Å². The summed E-state index contributed by atoms with van der Waals surface area (Å²) in [6, 6.07) is 11.0. The summed E-state index contributed by atoms with van der Waals surface area (Å²) in [5, 5.41) is 11.3. The number of halogens is 2. The number of aryl methyl sites for hydroxylation is 1. The number of H-pyrrole nitrogens is 1. The van der Waals surface area contributed by atoms with Crippen LogP contribution in [0.5, 0.6) is 5.75 Å². The summed E-state index contributed by atoms with van der Waals surface area (Å²) < 4.78 is 22.7. The zero-order valence-electron chi connectivity index (χ0n) is 24.3. The van der Waals surface area contributed by atoms with Crippen molar-refractivity contribution in [3.05, 3.63) is 75.0 Å². The molecule has 3 heterocycles. The summed E-state index contributed by atoms with van der Waals surface area (Å²) in [7, 11) is 0. The van der Waals surface area contributed by atoms with Crippen LogP contribution in [-0.2, 0) is 13.0 Å². The second kappa shape index (κ2) is 13.7.